The number of H-pyrrole nitrogens is 1. The second-order valence-corrected chi connectivity index (χ2v) is 9.73. The molecule has 3 N–H and O–H groups in total. The van der Waals surface area contributed by atoms with Crippen LogP contribution in [0.5, 0.6) is 0 Å². The Morgan fingerprint density at radius 3 is 2.74 bits per heavy atom. The number of imidazole rings is 1. The molecule has 3 aromatic rings. The fourth-order valence-electron chi connectivity index (χ4n) is 4.58. The molecule has 4 rings (SSSR count). The Kier molecular flexibility index (Phi) is 7.48. The molecule has 0 spiro atoms. The number of aromatic nitrogens is 3. The smallest absolute Gasteiger partial charge is 0.320 e. The lowest BCUT2D eigenvalue weighted by Crippen LogP contribution is -2.37. The zero-order valence-corrected chi connectivity index (χ0v) is 20.1. The lowest BCUT2D eigenvalue weighted by Gasteiger charge is -2.23. The van der Waals surface area contributed by atoms with Gasteiger partial charge in [0.2, 0.25) is 0 Å². The number of aryl methyl sites for hydroxylation is 1. The van der Waals surface area contributed by atoms with Crippen molar-refractivity contribution in [3.05, 3.63) is 51.9 Å². The quantitative estimate of drug-likeness (QED) is 0.444. The molecule has 34 heavy (non-hydrogen) atoms. The van der Waals surface area contributed by atoms with Crippen LogP contribution in [-0.2, 0) is 22.6 Å². The van der Waals surface area contributed by atoms with Crippen LogP contribution >= 0.6 is 0 Å². The number of pyridine rings is 1. The van der Waals surface area contributed by atoms with E-state index in [0.717, 1.165) is 60.6 Å². The first kappa shape index (κ1) is 24.2. The number of carboxylic acid groups (broad SMARTS) is 1. The number of aliphatic carboxylic acids is 1. The van der Waals surface area contributed by atoms with Crippen molar-refractivity contribution in [1.82, 2.24) is 19.9 Å². The maximum absolute atomic E-state index is 11.9. The number of benzene rings is 1. The largest absolute Gasteiger partial charge is 0.480 e. The van der Waals surface area contributed by atoms with Crippen LogP contribution < -0.4 is 10.9 Å². The number of carboxylic acids is 1. The van der Waals surface area contributed by atoms with Gasteiger partial charge in [0.1, 0.15) is 11.9 Å². The number of hydrogen-bond acceptors (Lipinski definition) is 5. The van der Waals surface area contributed by atoms with E-state index in [1.807, 2.05) is 32.0 Å². The topological polar surface area (TPSA) is 109 Å². The lowest BCUT2D eigenvalue weighted by molar-refractivity contribution is -0.140. The van der Waals surface area contributed by atoms with Gasteiger partial charge in [-0.3, -0.25) is 9.59 Å². The van der Waals surface area contributed by atoms with Crippen molar-refractivity contribution >= 4 is 17.0 Å². The molecule has 3 heterocycles. The van der Waals surface area contributed by atoms with E-state index in [4.69, 9.17) is 9.72 Å². The Balaban J connectivity index is 1.69. The third-order valence-corrected chi connectivity index (χ3v) is 6.50. The number of ether oxygens (including phenoxy) is 1. The van der Waals surface area contributed by atoms with Crippen molar-refractivity contribution in [1.29, 1.82) is 0 Å². The molecule has 8 heteroatoms. The third kappa shape index (κ3) is 5.56. The van der Waals surface area contributed by atoms with Gasteiger partial charge in [-0.25, -0.2) is 4.98 Å². The molecule has 182 valence electrons. The fraction of sp³-hybridized carbons (Fsp3) is 0.500. The summed E-state index contributed by atoms with van der Waals surface area (Å²) in [5.41, 5.74) is 4.34. The normalized spacial score (nSPS) is 15.8. The highest BCUT2D eigenvalue weighted by Gasteiger charge is 2.21. The SMILES string of the molecule is Cc1cc(-c2nc3ccc(CN[C@@H](CC(C)C)C(=O)O)cc3n2CC2CCOCC2)c[nH]c1=O. The zero-order chi connectivity index (χ0) is 24.2. The molecule has 1 aliphatic rings. The Labute approximate surface area is 199 Å². The molecule has 0 amide bonds. The molecule has 0 unspecified atom stereocenters. The van der Waals surface area contributed by atoms with Crippen molar-refractivity contribution in [2.24, 2.45) is 11.8 Å². The molecule has 1 aliphatic heterocycles. The van der Waals surface area contributed by atoms with E-state index in [-0.39, 0.29) is 5.56 Å². The molecule has 0 aliphatic carbocycles. The minimum atomic E-state index is -0.824. The first-order valence-electron chi connectivity index (χ1n) is 12.0. The van der Waals surface area contributed by atoms with Crippen LogP contribution in [0, 0.1) is 18.8 Å². The van der Waals surface area contributed by atoms with Crippen LogP contribution in [0.15, 0.2) is 35.3 Å². The van der Waals surface area contributed by atoms with Crippen LogP contribution in [0.3, 0.4) is 0 Å². The predicted molar refractivity (Wildman–Crippen MR) is 132 cm³/mol. The van der Waals surface area contributed by atoms with Crippen molar-refractivity contribution < 1.29 is 14.6 Å². The highest BCUT2D eigenvalue weighted by Crippen LogP contribution is 2.28. The van der Waals surface area contributed by atoms with Crippen molar-refractivity contribution in [3.63, 3.8) is 0 Å². The lowest BCUT2D eigenvalue weighted by atomic mass is 10.00. The summed E-state index contributed by atoms with van der Waals surface area (Å²) in [6, 6.07) is 7.39. The maximum Gasteiger partial charge on any atom is 0.320 e. The van der Waals surface area contributed by atoms with Gasteiger partial charge in [0.15, 0.2) is 0 Å². The molecule has 0 radical (unpaired) electrons. The zero-order valence-electron chi connectivity index (χ0n) is 20.1. The van der Waals surface area contributed by atoms with Crippen molar-refractivity contribution in [2.75, 3.05) is 13.2 Å². The van der Waals surface area contributed by atoms with E-state index in [1.165, 1.54) is 0 Å². The van der Waals surface area contributed by atoms with E-state index >= 15 is 0 Å². The minimum absolute atomic E-state index is 0.0985. The summed E-state index contributed by atoms with van der Waals surface area (Å²) in [5.74, 6) is 0.780. The van der Waals surface area contributed by atoms with Gasteiger partial charge < -0.3 is 24.7 Å². The van der Waals surface area contributed by atoms with Gasteiger partial charge in [0.25, 0.3) is 5.56 Å². The number of carbonyl (C=O) groups is 1. The summed E-state index contributed by atoms with van der Waals surface area (Å²) in [5, 5.41) is 12.8. The second-order valence-electron chi connectivity index (χ2n) is 9.73. The second kappa shape index (κ2) is 10.5. The Morgan fingerprint density at radius 1 is 1.29 bits per heavy atom. The van der Waals surface area contributed by atoms with Gasteiger partial charge in [-0.15, -0.1) is 0 Å². The molecular weight excluding hydrogens is 432 g/mol. The highest BCUT2D eigenvalue weighted by molar-refractivity contribution is 5.81. The van der Waals surface area contributed by atoms with Crippen molar-refractivity contribution in [2.45, 2.75) is 59.2 Å². The fourth-order valence-corrected chi connectivity index (χ4v) is 4.58. The van der Waals surface area contributed by atoms with Gasteiger partial charge in [-0.1, -0.05) is 19.9 Å². The minimum Gasteiger partial charge on any atom is -0.480 e. The maximum atomic E-state index is 11.9. The summed E-state index contributed by atoms with van der Waals surface area (Å²) in [6.07, 6.45) is 4.30. The average molecular weight is 467 g/mol. The van der Waals surface area contributed by atoms with Gasteiger partial charge in [0.05, 0.1) is 11.0 Å². The van der Waals surface area contributed by atoms with E-state index in [1.54, 1.807) is 13.1 Å². The highest BCUT2D eigenvalue weighted by atomic mass is 16.5. The molecule has 1 fully saturated rings. The molecule has 0 bridgehead atoms. The van der Waals surface area contributed by atoms with E-state index in [9.17, 15) is 14.7 Å². The van der Waals surface area contributed by atoms with Crippen LogP contribution in [0.4, 0.5) is 0 Å². The molecule has 1 aromatic carbocycles. The summed E-state index contributed by atoms with van der Waals surface area (Å²) in [6.45, 7) is 8.67. The third-order valence-electron chi connectivity index (χ3n) is 6.50. The van der Waals surface area contributed by atoms with Gasteiger partial charge in [-0.2, -0.15) is 0 Å². The average Bonchev–Trinajstić information content (AvgIpc) is 3.16. The molecule has 1 atom stereocenters. The molecule has 8 nitrogen and oxygen atoms in total. The van der Waals surface area contributed by atoms with Crippen LogP contribution in [0.1, 0.15) is 44.2 Å². The number of fused-ring (bicyclic) bond motifs is 1. The predicted octanol–water partition coefficient (Wildman–Crippen LogP) is 3.72. The molecule has 1 saturated heterocycles. The van der Waals surface area contributed by atoms with E-state index in [0.29, 0.717) is 30.4 Å². The Bertz CT molecular complexity index is 1210. The monoisotopic (exact) mass is 466 g/mol. The number of rotatable bonds is 9. The standard InChI is InChI=1S/C26H34N4O4/c1-16(2)10-22(26(32)33)27-13-19-4-5-21-23(12-19)30(15-18-6-8-34-9-7-18)24(29-21)20-11-17(3)25(31)28-14-20/h4-5,11-12,14,16,18,22,27H,6-10,13,15H2,1-3H3,(H,28,31)(H,32,33)/t22-/m0/s1. The van der Waals surface area contributed by atoms with Crippen LogP contribution in [-0.4, -0.2) is 44.9 Å². The first-order chi connectivity index (χ1) is 16.3. The van der Waals surface area contributed by atoms with Gasteiger partial charge >= 0.3 is 5.97 Å². The van der Waals surface area contributed by atoms with E-state index in [2.05, 4.69) is 20.9 Å². The number of nitrogens with zero attached hydrogens (tertiary/aromatic N) is 2. The van der Waals surface area contributed by atoms with Crippen LogP contribution in [0.25, 0.3) is 22.4 Å². The Hall–Kier alpha value is -2.97. The molecule has 0 saturated carbocycles. The Morgan fingerprint density at radius 2 is 2.06 bits per heavy atom. The first-order valence-corrected chi connectivity index (χ1v) is 12.0. The van der Waals surface area contributed by atoms with E-state index < -0.39 is 12.0 Å². The van der Waals surface area contributed by atoms with Crippen LogP contribution in [0.2, 0.25) is 0 Å². The summed E-state index contributed by atoms with van der Waals surface area (Å²) >= 11 is 0. The number of nitrogens with one attached hydrogen (secondary N) is 2. The van der Waals surface area contributed by atoms with Gasteiger partial charge in [0, 0.05) is 43.6 Å². The number of hydrogen-bond donors (Lipinski definition) is 3. The summed E-state index contributed by atoms with van der Waals surface area (Å²) in [4.78, 5) is 31.3. The number of aromatic amines is 1. The molecule has 2 aromatic heterocycles. The van der Waals surface area contributed by atoms with Crippen molar-refractivity contribution in [3.8, 4) is 11.4 Å². The van der Waals surface area contributed by atoms with Gasteiger partial charge in [-0.05, 0) is 61.8 Å². The molecular formula is C26H34N4O4. The summed E-state index contributed by atoms with van der Waals surface area (Å²) in [7, 11) is 0. The summed E-state index contributed by atoms with van der Waals surface area (Å²) < 4.78 is 7.79.